The number of rotatable bonds is 9. The molecular formula is C19H29N3O5. The SMILES string of the molecule is COCC1CCCN1CC(O)COc1cc([N+](=O)[O-])ccc1N1CCCC1. The van der Waals surface area contributed by atoms with E-state index in [1.165, 1.54) is 12.1 Å². The molecule has 150 valence electrons. The highest BCUT2D eigenvalue weighted by Gasteiger charge is 2.27. The van der Waals surface area contributed by atoms with Gasteiger partial charge in [0.1, 0.15) is 18.5 Å². The number of ether oxygens (including phenoxy) is 2. The number of nitro groups is 1. The molecule has 2 atom stereocenters. The third kappa shape index (κ3) is 5.09. The summed E-state index contributed by atoms with van der Waals surface area (Å²) in [5.41, 5.74) is 0.867. The molecular weight excluding hydrogens is 350 g/mol. The lowest BCUT2D eigenvalue weighted by Crippen LogP contribution is -2.40. The second kappa shape index (κ2) is 9.34. The molecule has 0 bridgehead atoms. The number of β-amino-alcohol motifs (C(OH)–C–C–N with tert-alkyl or cyclic N) is 1. The van der Waals surface area contributed by atoms with Gasteiger partial charge in [-0.2, -0.15) is 0 Å². The molecule has 0 spiro atoms. The largest absolute Gasteiger partial charge is 0.488 e. The van der Waals surface area contributed by atoms with Crippen molar-refractivity contribution in [1.82, 2.24) is 4.90 Å². The van der Waals surface area contributed by atoms with Crippen LogP contribution in [0.3, 0.4) is 0 Å². The Morgan fingerprint density at radius 3 is 2.78 bits per heavy atom. The zero-order chi connectivity index (χ0) is 19.2. The van der Waals surface area contributed by atoms with E-state index < -0.39 is 11.0 Å². The maximum Gasteiger partial charge on any atom is 0.273 e. The van der Waals surface area contributed by atoms with E-state index in [0.717, 1.165) is 51.0 Å². The normalized spacial score (nSPS) is 21.6. The van der Waals surface area contributed by atoms with E-state index in [1.807, 2.05) is 0 Å². The van der Waals surface area contributed by atoms with Gasteiger partial charge in [-0.15, -0.1) is 0 Å². The summed E-state index contributed by atoms with van der Waals surface area (Å²) < 4.78 is 11.1. The van der Waals surface area contributed by atoms with E-state index in [4.69, 9.17) is 9.47 Å². The van der Waals surface area contributed by atoms with Gasteiger partial charge in [-0.3, -0.25) is 15.0 Å². The molecule has 1 aromatic carbocycles. The quantitative estimate of drug-likeness (QED) is 0.519. The molecule has 2 heterocycles. The highest BCUT2D eigenvalue weighted by atomic mass is 16.6. The summed E-state index contributed by atoms with van der Waals surface area (Å²) >= 11 is 0. The number of hydrogen-bond donors (Lipinski definition) is 1. The van der Waals surface area contributed by atoms with Crippen molar-refractivity contribution in [1.29, 1.82) is 0 Å². The third-order valence-corrected chi connectivity index (χ3v) is 5.34. The lowest BCUT2D eigenvalue weighted by Gasteiger charge is -2.27. The van der Waals surface area contributed by atoms with Gasteiger partial charge in [0.15, 0.2) is 0 Å². The van der Waals surface area contributed by atoms with Gasteiger partial charge in [0.05, 0.1) is 23.3 Å². The van der Waals surface area contributed by atoms with Crippen LogP contribution in [0.25, 0.3) is 0 Å². The summed E-state index contributed by atoms with van der Waals surface area (Å²) in [5, 5.41) is 21.6. The molecule has 3 rings (SSSR count). The van der Waals surface area contributed by atoms with Crippen LogP contribution in [0.5, 0.6) is 5.75 Å². The standard InChI is InChI=1S/C19H29N3O5/c1-26-13-16-5-4-10-21(16)12-17(23)14-27-19-11-15(22(24)25)6-7-18(19)20-8-2-3-9-20/h6-7,11,16-17,23H,2-5,8-10,12-14H2,1H3. The first-order valence-electron chi connectivity index (χ1n) is 9.65. The molecule has 8 heteroatoms. The molecule has 1 N–H and O–H groups in total. The predicted molar refractivity (Wildman–Crippen MR) is 103 cm³/mol. The number of hydrogen-bond acceptors (Lipinski definition) is 7. The van der Waals surface area contributed by atoms with Crippen molar-refractivity contribution >= 4 is 11.4 Å². The number of nitrogens with zero attached hydrogens (tertiary/aromatic N) is 3. The molecule has 0 saturated carbocycles. The lowest BCUT2D eigenvalue weighted by atomic mass is 10.2. The van der Waals surface area contributed by atoms with Gasteiger partial charge in [0, 0.05) is 38.9 Å². The van der Waals surface area contributed by atoms with Crippen molar-refractivity contribution in [3.8, 4) is 5.75 Å². The summed E-state index contributed by atoms with van der Waals surface area (Å²) in [4.78, 5) is 15.1. The van der Waals surface area contributed by atoms with Gasteiger partial charge in [-0.1, -0.05) is 0 Å². The summed E-state index contributed by atoms with van der Waals surface area (Å²) in [6.45, 7) is 4.07. The van der Waals surface area contributed by atoms with Crippen molar-refractivity contribution in [3.63, 3.8) is 0 Å². The lowest BCUT2D eigenvalue weighted by molar-refractivity contribution is -0.384. The topological polar surface area (TPSA) is 88.3 Å². The summed E-state index contributed by atoms with van der Waals surface area (Å²) in [7, 11) is 1.69. The number of aliphatic hydroxyl groups excluding tert-OH is 1. The average molecular weight is 379 g/mol. The summed E-state index contributed by atoms with van der Waals surface area (Å²) in [5.74, 6) is 0.472. The molecule has 0 aromatic heterocycles. The number of methoxy groups -OCH3 is 1. The molecule has 2 aliphatic rings. The Kier molecular flexibility index (Phi) is 6.87. The maximum atomic E-state index is 11.1. The van der Waals surface area contributed by atoms with Crippen LogP contribution in [0.2, 0.25) is 0 Å². The van der Waals surface area contributed by atoms with Crippen molar-refractivity contribution in [2.45, 2.75) is 37.8 Å². The van der Waals surface area contributed by atoms with Gasteiger partial charge >= 0.3 is 0 Å². The van der Waals surface area contributed by atoms with Crippen molar-refractivity contribution in [2.75, 3.05) is 51.4 Å². The fourth-order valence-corrected chi connectivity index (χ4v) is 3.98. The zero-order valence-corrected chi connectivity index (χ0v) is 15.9. The van der Waals surface area contributed by atoms with E-state index in [9.17, 15) is 15.2 Å². The molecule has 2 unspecified atom stereocenters. The molecule has 8 nitrogen and oxygen atoms in total. The molecule has 2 fully saturated rings. The van der Waals surface area contributed by atoms with Crippen molar-refractivity contribution < 1.29 is 19.5 Å². The Bertz CT molecular complexity index is 636. The number of nitro benzene ring substituents is 1. The maximum absolute atomic E-state index is 11.1. The van der Waals surface area contributed by atoms with Crippen LogP contribution < -0.4 is 9.64 Å². The first-order valence-corrected chi connectivity index (χ1v) is 9.65. The molecule has 2 aliphatic heterocycles. The molecule has 0 radical (unpaired) electrons. The molecule has 1 aromatic rings. The first kappa shape index (κ1) is 19.9. The molecule has 0 aliphatic carbocycles. The monoisotopic (exact) mass is 379 g/mol. The Labute approximate surface area is 159 Å². The van der Waals surface area contributed by atoms with E-state index in [-0.39, 0.29) is 12.3 Å². The summed E-state index contributed by atoms with van der Waals surface area (Å²) in [6, 6.07) is 5.06. The number of aliphatic hydroxyl groups is 1. The fourth-order valence-electron chi connectivity index (χ4n) is 3.98. The Morgan fingerprint density at radius 2 is 2.07 bits per heavy atom. The number of likely N-dealkylation sites (tertiary alicyclic amines) is 1. The van der Waals surface area contributed by atoms with Crippen LogP contribution in [0.15, 0.2) is 18.2 Å². The Balaban J connectivity index is 1.63. The van der Waals surface area contributed by atoms with Gasteiger partial charge < -0.3 is 19.5 Å². The van der Waals surface area contributed by atoms with E-state index in [0.29, 0.717) is 24.9 Å². The van der Waals surface area contributed by atoms with Crippen molar-refractivity contribution in [3.05, 3.63) is 28.3 Å². The van der Waals surface area contributed by atoms with E-state index in [1.54, 1.807) is 13.2 Å². The minimum Gasteiger partial charge on any atom is -0.488 e. The number of anilines is 1. The van der Waals surface area contributed by atoms with Gasteiger partial charge in [0.25, 0.3) is 5.69 Å². The molecule has 27 heavy (non-hydrogen) atoms. The minimum absolute atomic E-state index is 0.00198. The van der Waals surface area contributed by atoms with Gasteiger partial charge in [-0.25, -0.2) is 0 Å². The van der Waals surface area contributed by atoms with E-state index >= 15 is 0 Å². The minimum atomic E-state index is -0.659. The van der Waals surface area contributed by atoms with Crippen LogP contribution in [0, 0.1) is 10.1 Å². The molecule has 0 amide bonds. The van der Waals surface area contributed by atoms with Crippen LogP contribution in [-0.4, -0.2) is 73.6 Å². The second-order valence-corrected chi connectivity index (χ2v) is 7.31. The van der Waals surface area contributed by atoms with Crippen LogP contribution in [0.1, 0.15) is 25.7 Å². The second-order valence-electron chi connectivity index (χ2n) is 7.31. The van der Waals surface area contributed by atoms with Gasteiger partial charge in [0.2, 0.25) is 0 Å². The van der Waals surface area contributed by atoms with Crippen LogP contribution >= 0.6 is 0 Å². The fraction of sp³-hybridized carbons (Fsp3) is 0.684. The number of benzene rings is 1. The van der Waals surface area contributed by atoms with Crippen molar-refractivity contribution in [2.24, 2.45) is 0 Å². The average Bonchev–Trinajstić information content (AvgIpc) is 3.32. The zero-order valence-electron chi connectivity index (χ0n) is 15.9. The Hall–Kier alpha value is -1.90. The predicted octanol–water partition coefficient (Wildman–Crippen LogP) is 2.05. The van der Waals surface area contributed by atoms with E-state index in [2.05, 4.69) is 9.80 Å². The number of non-ortho nitro benzene ring substituents is 1. The third-order valence-electron chi connectivity index (χ3n) is 5.34. The smallest absolute Gasteiger partial charge is 0.273 e. The van der Waals surface area contributed by atoms with Crippen LogP contribution in [0.4, 0.5) is 11.4 Å². The summed E-state index contributed by atoms with van der Waals surface area (Å²) in [6.07, 6.45) is 3.73. The highest BCUT2D eigenvalue weighted by molar-refractivity contribution is 5.62. The first-order chi connectivity index (χ1) is 13.1. The van der Waals surface area contributed by atoms with Gasteiger partial charge in [-0.05, 0) is 38.3 Å². The Morgan fingerprint density at radius 1 is 1.30 bits per heavy atom. The molecule has 2 saturated heterocycles. The van der Waals surface area contributed by atoms with Crippen LogP contribution in [-0.2, 0) is 4.74 Å². The highest BCUT2D eigenvalue weighted by Crippen LogP contribution is 2.34.